The number of carboxylic acid groups (broad SMARTS) is 1. The first-order valence-corrected chi connectivity index (χ1v) is 6.83. The Bertz CT molecular complexity index is 277. The predicted molar refractivity (Wildman–Crippen MR) is 67.2 cm³/mol. The minimum Gasteiger partial charge on any atom is -0.465 e. The quantitative estimate of drug-likeness (QED) is 0.764. The highest BCUT2D eigenvalue weighted by molar-refractivity contribution is 5.65. The summed E-state index contributed by atoms with van der Waals surface area (Å²) in [5.74, 6) is 0.459. The van der Waals surface area contributed by atoms with Crippen molar-refractivity contribution in [1.29, 1.82) is 0 Å². The number of rotatable bonds is 1. The van der Waals surface area contributed by atoms with Gasteiger partial charge in [-0.3, -0.25) is 4.90 Å². The van der Waals surface area contributed by atoms with Gasteiger partial charge >= 0.3 is 6.09 Å². The van der Waals surface area contributed by atoms with Crippen LogP contribution in [-0.2, 0) is 0 Å². The topological polar surface area (TPSA) is 43.8 Å². The molecule has 17 heavy (non-hydrogen) atoms. The second kappa shape index (κ2) is 5.25. The van der Waals surface area contributed by atoms with Crippen LogP contribution in [0.25, 0.3) is 0 Å². The first-order valence-electron chi connectivity index (χ1n) is 6.83. The molecule has 2 fully saturated rings. The third-order valence-corrected chi connectivity index (χ3v) is 4.36. The van der Waals surface area contributed by atoms with E-state index in [1.54, 1.807) is 4.90 Å². The fraction of sp³-hybridized carbons (Fsp3) is 0.923. The molecular formula is C13H24N2O2. The summed E-state index contributed by atoms with van der Waals surface area (Å²) in [5, 5.41) is 9.14. The Morgan fingerprint density at radius 2 is 1.82 bits per heavy atom. The Balaban J connectivity index is 1.98. The van der Waals surface area contributed by atoms with E-state index in [0.29, 0.717) is 18.5 Å². The summed E-state index contributed by atoms with van der Waals surface area (Å²) < 4.78 is 0. The second-order valence-corrected chi connectivity index (χ2v) is 5.66. The zero-order valence-electron chi connectivity index (χ0n) is 10.9. The lowest BCUT2D eigenvalue weighted by atomic mass is 9.87. The van der Waals surface area contributed by atoms with Crippen molar-refractivity contribution in [3.63, 3.8) is 0 Å². The molecule has 2 aliphatic heterocycles. The summed E-state index contributed by atoms with van der Waals surface area (Å²) >= 11 is 0. The molecule has 4 heteroatoms. The molecule has 2 saturated heterocycles. The van der Waals surface area contributed by atoms with E-state index < -0.39 is 6.09 Å². The van der Waals surface area contributed by atoms with Crippen molar-refractivity contribution in [2.24, 2.45) is 5.92 Å². The van der Waals surface area contributed by atoms with Crippen LogP contribution in [0.2, 0.25) is 0 Å². The van der Waals surface area contributed by atoms with E-state index in [4.69, 9.17) is 5.11 Å². The lowest BCUT2D eigenvalue weighted by Gasteiger charge is -2.46. The Kier molecular flexibility index (Phi) is 3.92. The van der Waals surface area contributed by atoms with Crippen molar-refractivity contribution < 1.29 is 9.90 Å². The largest absolute Gasteiger partial charge is 0.465 e. The molecule has 2 rings (SSSR count). The number of likely N-dealkylation sites (tertiary alicyclic amines) is 2. The fourth-order valence-electron chi connectivity index (χ4n) is 3.35. The van der Waals surface area contributed by atoms with Crippen molar-refractivity contribution in [3.8, 4) is 0 Å². The molecule has 4 nitrogen and oxygen atoms in total. The molecule has 0 radical (unpaired) electrons. The Morgan fingerprint density at radius 3 is 2.41 bits per heavy atom. The third kappa shape index (κ3) is 2.73. The molecule has 1 amide bonds. The molecule has 1 N–H and O–H groups in total. The number of piperidine rings is 2. The Morgan fingerprint density at radius 1 is 1.18 bits per heavy atom. The summed E-state index contributed by atoms with van der Waals surface area (Å²) in [6.45, 7) is 7.33. The Hall–Kier alpha value is -0.770. The number of hydrogen-bond acceptors (Lipinski definition) is 2. The molecule has 3 atom stereocenters. The van der Waals surface area contributed by atoms with Crippen LogP contribution < -0.4 is 0 Å². The SMILES string of the molecule is CC1CN(C(=O)O)C(C)CC1N1CCCCC1. The van der Waals surface area contributed by atoms with Crippen LogP contribution in [0.4, 0.5) is 4.79 Å². The molecule has 0 bridgehead atoms. The van der Waals surface area contributed by atoms with Gasteiger partial charge in [-0.05, 0) is 45.2 Å². The van der Waals surface area contributed by atoms with Gasteiger partial charge in [0.2, 0.25) is 0 Å². The Labute approximate surface area is 104 Å². The van der Waals surface area contributed by atoms with Gasteiger partial charge in [0.05, 0.1) is 0 Å². The van der Waals surface area contributed by atoms with Gasteiger partial charge in [0, 0.05) is 18.6 Å². The van der Waals surface area contributed by atoms with Crippen molar-refractivity contribution in [1.82, 2.24) is 9.80 Å². The highest BCUT2D eigenvalue weighted by atomic mass is 16.4. The molecule has 0 saturated carbocycles. The molecule has 0 aromatic rings. The van der Waals surface area contributed by atoms with Gasteiger partial charge in [0.25, 0.3) is 0 Å². The number of hydrogen-bond donors (Lipinski definition) is 1. The smallest absolute Gasteiger partial charge is 0.407 e. The van der Waals surface area contributed by atoms with Gasteiger partial charge in [-0.15, -0.1) is 0 Å². The van der Waals surface area contributed by atoms with Gasteiger partial charge < -0.3 is 10.0 Å². The average molecular weight is 240 g/mol. The minimum atomic E-state index is -0.763. The number of amides is 1. The van der Waals surface area contributed by atoms with Crippen LogP contribution in [0.3, 0.4) is 0 Å². The molecule has 2 heterocycles. The normalized spacial score (nSPS) is 35.9. The van der Waals surface area contributed by atoms with Gasteiger partial charge in [-0.25, -0.2) is 4.79 Å². The van der Waals surface area contributed by atoms with Crippen LogP contribution in [0.5, 0.6) is 0 Å². The van der Waals surface area contributed by atoms with E-state index in [1.807, 2.05) is 6.92 Å². The third-order valence-electron chi connectivity index (χ3n) is 4.36. The molecular weight excluding hydrogens is 216 g/mol. The van der Waals surface area contributed by atoms with Crippen molar-refractivity contribution >= 4 is 6.09 Å². The summed E-state index contributed by atoms with van der Waals surface area (Å²) in [4.78, 5) is 15.3. The monoisotopic (exact) mass is 240 g/mol. The fourth-order valence-corrected chi connectivity index (χ4v) is 3.35. The lowest BCUT2D eigenvalue weighted by molar-refractivity contribution is 0.0269. The number of nitrogens with zero attached hydrogens (tertiary/aromatic N) is 2. The van der Waals surface area contributed by atoms with E-state index in [1.165, 1.54) is 32.4 Å². The molecule has 0 spiro atoms. The van der Waals surface area contributed by atoms with Gasteiger partial charge in [0.1, 0.15) is 0 Å². The highest BCUT2D eigenvalue weighted by Gasteiger charge is 2.36. The van der Waals surface area contributed by atoms with E-state index in [-0.39, 0.29) is 6.04 Å². The van der Waals surface area contributed by atoms with E-state index in [2.05, 4.69) is 11.8 Å². The van der Waals surface area contributed by atoms with Crippen molar-refractivity contribution in [2.75, 3.05) is 19.6 Å². The number of carbonyl (C=O) groups is 1. The summed E-state index contributed by atoms with van der Waals surface area (Å²) in [6, 6.07) is 0.747. The molecule has 3 unspecified atom stereocenters. The summed E-state index contributed by atoms with van der Waals surface area (Å²) in [5.41, 5.74) is 0. The predicted octanol–water partition coefficient (Wildman–Crippen LogP) is 2.25. The van der Waals surface area contributed by atoms with Gasteiger partial charge in [0.15, 0.2) is 0 Å². The van der Waals surface area contributed by atoms with E-state index in [9.17, 15) is 4.79 Å². The van der Waals surface area contributed by atoms with Gasteiger partial charge in [-0.1, -0.05) is 13.3 Å². The summed E-state index contributed by atoms with van der Waals surface area (Å²) in [6.07, 6.45) is 4.20. The van der Waals surface area contributed by atoms with Crippen LogP contribution in [-0.4, -0.2) is 52.7 Å². The molecule has 0 aliphatic carbocycles. The summed E-state index contributed by atoms with van der Waals surface area (Å²) in [7, 11) is 0. The van der Waals surface area contributed by atoms with Crippen LogP contribution >= 0.6 is 0 Å². The zero-order chi connectivity index (χ0) is 12.4. The zero-order valence-corrected chi connectivity index (χ0v) is 10.9. The molecule has 98 valence electrons. The molecule has 0 aromatic carbocycles. The van der Waals surface area contributed by atoms with Gasteiger partial charge in [-0.2, -0.15) is 0 Å². The lowest BCUT2D eigenvalue weighted by Crippen LogP contribution is -2.55. The van der Waals surface area contributed by atoms with E-state index in [0.717, 1.165) is 6.42 Å². The molecule has 2 aliphatic rings. The maximum absolute atomic E-state index is 11.1. The first kappa shape index (κ1) is 12.7. The molecule has 0 aromatic heterocycles. The maximum atomic E-state index is 11.1. The average Bonchev–Trinajstić information content (AvgIpc) is 2.32. The van der Waals surface area contributed by atoms with Crippen LogP contribution in [0.1, 0.15) is 39.5 Å². The second-order valence-electron chi connectivity index (χ2n) is 5.66. The maximum Gasteiger partial charge on any atom is 0.407 e. The van der Waals surface area contributed by atoms with Crippen LogP contribution in [0, 0.1) is 5.92 Å². The van der Waals surface area contributed by atoms with Crippen LogP contribution in [0.15, 0.2) is 0 Å². The standard InChI is InChI=1S/C13H24N2O2/c1-10-9-15(13(16)17)11(2)8-12(10)14-6-4-3-5-7-14/h10-12H,3-9H2,1-2H3,(H,16,17). The minimum absolute atomic E-state index is 0.163. The van der Waals surface area contributed by atoms with Crippen molar-refractivity contribution in [3.05, 3.63) is 0 Å². The van der Waals surface area contributed by atoms with E-state index >= 15 is 0 Å². The first-order chi connectivity index (χ1) is 8.09. The van der Waals surface area contributed by atoms with Crippen molar-refractivity contribution in [2.45, 2.75) is 51.6 Å². The highest BCUT2D eigenvalue weighted by Crippen LogP contribution is 2.28.